The Morgan fingerprint density at radius 1 is 0.905 bits per heavy atom. The lowest BCUT2D eigenvalue weighted by Crippen LogP contribution is -2.41. The smallest absolute Gasteiger partial charge is 0.399 e. The fraction of sp³-hybridized carbons (Fsp3) is 0.667. The maximum Gasteiger partial charge on any atom is 0.494 e. The van der Waals surface area contributed by atoms with E-state index in [0.717, 1.165) is 5.46 Å². The summed E-state index contributed by atoms with van der Waals surface area (Å²) in [5, 5.41) is 0. The summed E-state index contributed by atoms with van der Waals surface area (Å²) in [5.74, 6) is 0. The van der Waals surface area contributed by atoms with Gasteiger partial charge in [0, 0.05) is 0 Å². The van der Waals surface area contributed by atoms with Crippen LogP contribution in [0.4, 0.5) is 0 Å². The largest absolute Gasteiger partial charge is 0.494 e. The molecule has 0 atom stereocenters. The van der Waals surface area contributed by atoms with Gasteiger partial charge in [0.1, 0.15) is 0 Å². The van der Waals surface area contributed by atoms with E-state index < -0.39 is 0 Å². The van der Waals surface area contributed by atoms with Crippen LogP contribution in [0.2, 0.25) is 0 Å². The van der Waals surface area contributed by atoms with Gasteiger partial charge in [-0.2, -0.15) is 0 Å². The summed E-state index contributed by atoms with van der Waals surface area (Å²) in [6.45, 7) is 13.0. The van der Waals surface area contributed by atoms with Crippen LogP contribution in [0.3, 0.4) is 0 Å². The lowest BCUT2D eigenvalue weighted by Gasteiger charge is -2.39. The molecule has 0 amide bonds. The molecule has 21 heavy (non-hydrogen) atoms. The van der Waals surface area contributed by atoms with Gasteiger partial charge in [-0.05, 0) is 63.9 Å². The number of aryl methyl sites for hydroxylation is 1. The van der Waals surface area contributed by atoms with E-state index in [0.29, 0.717) is 5.41 Å². The highest BCUT2D eigenvalue weighted by molar-refractivity contribution is 6.62. The molecule has 1 saturated carbocycles. The Balaban J connectivity index is 1.93. The second-order valence-electron chi connectivity index (χ2n) is 8.13. The molecule has 0 spiro atoms. The molecule has 2 aliphatic rings. The predicted octanol–water partition coefficient (Wildman–Crippen LogP) is 3.74. The first-order valence-electron chi connectivity index (χ1n) is 8.11. The van der Waals surface area contributed by atoms with E-state index in [2.05, 4.69) is 59.7 Å². The van der Waals surface area contributed by atoms with E-state index in [9.17, 15) is 0 Å². The average molecular weight is 286 g/mol. The molecular formula is C18H27BO2. The van der Waals surface area contributed by atoms with Gasteiger partial charge >= 0.3 is 7.12 Å². The quantitative estimate of drug-likeness (QED) is 0.771. The summed E-state index contributed by atoms with van der Waals surface area (Å²) < 4.78 is 12.4. The van der Waals surface area contributed by atoms with Crippen LogP contribution in [-0.2, 0) is 14.7 Å². The van der Waals surface area contributed by atoms with Crippen molar-refractivity contribution in [3.05, 3.63) is 29.3 Å². The highest BCUT2D eigenvalue weighted by atomic mass is 16.7. The molecule has 3 rings (SSSR count). The van der Waals surface area contributed by atoms with Crippen molar-refractivity contribution in [1.29, 1.82) is 0 Å². The van der Waals surface area contributed by atoms with E-state index in [1.807, 2.05) is 0 Å². The van der Waals surface area contributed by atoms with Crippen molar-refractivity contribution < 1.29 is 9.31 Å². The second-order valence-corrected chi connectivity index (χ2v) is 8.13. The van der Waals surface area contributed by atoms with Crippen molar-refractivity contribution in [2.45, 2.75) is 77.4 Å². The molecule has 1 aromatic rings. The van der Waals surface area contributed by atoms with Crippen molar-refractivity contribution in [2.24, 2.45) is 0 Å². The third-order valence-electron chi connectivity index (χ3n) is 5.78. The van der Waals surface area contributed by atoms with Crippen LogP contribution in [0.1, 0.15) is 65.0 Å². The maximum absolute atomic E-state index is 6.20. The molecule has 0 aromatic heterocycles. The van der Waals surface area contributed by atoms with Crippen molar-refractivity contribution in [3.8, 4) is 0 Å². The van der Waals surface area contributed by atoms with E-state index in [-0.39, 0.29) is 18.3 Å². The Labute approximate surface area is 129 Å². The zero-order chi connectivity index (χ0) is 15.5. The molecule has 0 N–H and O–H groups in total. The van der Waals surface area contributed by atoms with Gasteiger partial charge < -0.3 is 9.31 Å². The van der Waals surface area contributed by atoms with E-state index in [1.54, 1.807) is 0 Å². The summed E-state index contributed by atoms with van der Waals surface area (Å²) in [7, 11) is -0.252. The number of benzene rings is 1. The molecule has 114 valence electrons. The minimum Gasteiger partial charge on any atom is -0.399 e. The Kier molecular flexibility index (Phi) is 3.31. The second kappa shape index (κ2) is 4.60. The third-order valence-corrected chi connectivity index (χ3v) is 5.78. The van der Waals surface area contributed by atoms with Crippen molar-refractivity contribution in [2.75, 3.05) is 0 Å². The lowest BCUT2D eigenvalue weighted by molar-refractivity contribution is 0.00578. The van der Waals surface area contributed by atoms with Gasteiger partial charge in [-0.3, -0.25) is 0 Å². The van der Waals surface area contributed by atoms with Crippen LogP contribution in [0, 0.1) is 6.92 Å². The summed E-state index contributed by atoms with van der Waals surface area (Å²) >= 11 is 0. The molecule has 0 bridgehead atoms. The number of rotatable bonds is 2. The Morgan fingerprint density at radius 2 is 1.48 bits per heavy atom. The van der Waals surface area contributed by atoms with Crippen LogP contribution in [0.25, 0.3) is 0 Å². The van der Waals surface area contributed by atoms with Crippen LogP contribution in [0.5, 0.6) is 0 Å². The molecule has 1 aromatic carbocycles. The maximum atomic E-state index is 6.20. The first-order valence-corrected chi connectivity index (χ1v) is 8.11. The fourth-order valence-electron chi connectivity index (χ4n) is 3.27. The van der Waals surface area contributed by atoms with Crippen molar-refractivity contribution in [1.82, 2.24) is 0 Å². The summed E-state index contributed by atoms with van der Waals surface area (Å²) in [6, 6.07) is 6.83. The fourth-order valence-corrected chi connectivity index (χ4v) is 3.27. The Hall–Kier alpha value is -0.795. The zero-order valence-corrected chi connectivity index (χ0v) is 14.2. The minimum atomic E-state index is -0.276. The highest BCUT2D eigenvalue weighted by Crippen LogP contribution is 2.43. The molecule has 2 nitrogen and oxygen atoms in total. The van der Waals surface area contributed by atoms with Gasteiger partial charge in [-0.25, -0.2) is 0 Å². The standard InChI is InChI=1S/C18H27BO2/c1-13-10-14(18(6)8-7-9-18)12-15(11-13)19-20-16(2,3)17(4,5)21-19/h10-12H,7-9H2,1-6H3. The molecule has 0 unspecified atom stereocenters. The molecule has 1 saturated heterocycles. The Morgan fingerprint density at radius 3 is 1.95 bits per heavy atom. The number of hydrogen-bond acceptors (Lipinski definition) is 2. The minimum absolute atomic E-state index is 0.252. The highest BCUT2D eigenvalue weighted by Gasteiger charge is 2.52. The summed E-state index contributed by atoms with van der Waals surface area (Å²) in [4.78, 5) is 0. The molecule has 1 aliphatic heterocycles. The van der Waals surface area contributed by atoms with Crippen LogP contribution >= 0.6 is 0 Å². The first-order chi connectivity index (χ1) is 9.63. The topological polar surface area (TPSA) is 18.5 Å². The lowest BCUT2D eigenvalue weighted by atomic mass is 9.64. The normalized spacial score (nSPS) is 25.7. The van der Waals surface area contributed by atoms with Gasteiger partial charge in [0.2, 0.25) is 0 Å². The first kappa shape index (κ1) is 15.1. The van der Waals surface area contributed by atoms with Gasteiger partial charge in [0.15, 0.2) is 0 Å². The number of hydrogen-bond donors (Lipinski definition) is 0. The third kappa shape index (κ3) is 2.45. The van der Waals surface area contributed by atoms with Gasteiger partial charge in [0.25, 0.3) is 0 Å². The summed E-state index contributed by atoms with van der Waals surface area (Å²) in [5.41, 5.74) is 3.70. The zero-order valence-electron chi connectivity index (χ0n) is 14.2. The van der Waals surface area contributed by atoms with Gasteiger partial charge in [-0.1, -0.05) is 37.1 Å². The van der Waals surface area contributed by atoms with Crippen LogP contribution in [0.15, 0.2) is 18.2 Å². The predicted molar refractivity (Wildman–Crippen MR) is 88.1 cm³/mol. The molecule has 3 heteroatoms. The average Bonchev–Trinajstić information content (AvgIpc) is 2.55. The molecule has 1 heterocycles. The van der Waals surface area contributed by atoms with Crippen molar-refractivity contribution >= 4 is 12.6 Å². The molecular weight excluding hydrogens is 259 g/mol. The molecule has 1 aliphatic carbocycles. The van der Waals surface area contributed by atoms with Crippen molar-refractivity contribution in [3.63, 3.8) is 0 Å². The van der Waals surface area contributed by atoms with E-state index in [1.165, 1.54) is 30.4 Å². The van der Waals surface area contributed by atoms with Crippen LogP contribution < -0.4 is 5.46 Å². The molecule has 0 radical (unpaired) electrons. The summed E-state index contributed by atoms with van der Waals surface area (Å²) in [6.07, 6.45) is 3.93. The van der Waals surface area contributed by atoms with Gasteiger partial charge in [-0.15, -0.1) is 0 Å². The molecule has 2 fully saturated rings. The van der Waals surface area contributed by atoms with Gasteiger partial charge in [0.05, 0.1) is 11.2 Å². The Bertz CT molecular complexity index is 542. The van der Waals surface area contributed by atoms with E-state index in [4.69, 9.17) is 9.31 Å². The SMILES string of the molecule is Cc1cc(B2OC(C)(C)C(C)(C)O2)cc(C2(C)CCC2)c1. The monoisotopic (exact) mass is 286 g/mol. The van der Waals surface area contributed by atoms with Crippen LogP contribution in [-0.4, -0.2) is 18.3 Å². The van der Waals surface area contributed by atoms with E-state index >= 15 is 0 Å².